The van der Waals surface area contributed by atoms with Gasteiger partial charge in [0.05, 0.1) is 13.7 Å². The maximum atomic E-state index is 12.8. The quantitative estimate of drug-likeness (QED) is 0.384. The number of carboxylic acids is 1. The molecule has 9 heteroatoms. The standard InChI is InChI=1S/C25H22N2O7/c1-15-3-5-16(6-4-15)13-27-23(28)19(26-25(27)31)11-17-7-9-20(22(12-17)32-2)33-14-18-8-10-21(34-18)24(29)30/h3-12H,13-14H2,1-2H3,(H,26,31)(H,29,30). The Morgan fingerprint density at radius 3 is 2.53 bits per heavy atom. The first kappa shape index (κ1) is 22.7. The van der Waals surface area contributed by atoms with Gasteiger partial charge in [-0.1, -0.05) is 35.9 Å². The number of amides is 3. The molecule has 2 heterocycles. The monoisotopic (exact) mass is 462 g/mol. The van der Waals surface area contributed by atoms with Crippen LogP contribution < -0.4 is 14.8 Å². The minimum absolute atomic E-state index is 0.00654. The SMILES string of the molecule is COc1cc(C=C2NC(=O)N(Cc3ccc(C)cc3)C2=O)ccc1OCc1ccc(C(=O)O)o1. The van der Waals surface area contributed by atoms with Gasteiger partial charge in [0.1, 0.15) is 18.1 Å². The molecule has 3 amide bonds. The zero-order valence-corrected chi connectivity index (χ0v) is 18.5. The number of urea groups is 1. The Hall–Kier alpha value is -4.53. The van der Waals surface area contributed by atoms with Gasteiger partial charge >= 0.3 is 12.0 Å². The third kappa shape index (κ3) is 4.93. The van der Waals surface area contributed by atoms with Gasteiger partial charge in [-0.05, 0) is 48.4 Å². The molecule has 1 aromatic heterocycles. The van der Waals surface area contributed by atoms with Crippen LogP contribution in [-0.2, 0) is 17.9 Å². The summed E-state index contributed by atoms with van der Waals surface area (Å²) in [5.41, 5.74) is 2.73. The van der Waals surface area contributed by atoms with E-state index in [9.17, 15) is 14.4 Å². The summed E-state index contributed by atoms with van der Waals surface area (Å²) >= 11 is 0. The zero-order valence-electron chi connectivity index (χ0n) is 18.5. The van der Waals surface area contributed by atoms with Crippen LogP contribution in [0.25, 0.3) is 6.08 Å². The number of hydrogen-bond donors (Lipinski definition) is 2. The fraction of sp³-hybridized carbons (Fsp3) is 0.160. The Kier molecular flexibility index (Phi) is 6.35. The minimum Gasteiger partial charge on any atom is -0.493 e. The number of aryl methyl sites for hydroxylation is 1. The van der Waals surface area contributed by atoms with Crippen LogP contribution in [0.2, 0.25) is 0 Å². The van der Waals surface area contributed by atoms with E-state index in [-0.39, 0.29) is 24.6 Å². The fourth-order valence-electron chi connectivity index (χ4n) is 3.37. The van der Waals surface area contributed by atoms with Crippen molar-refractivity contribution in [2.24, 2.45) is 0 Å². The predicted molar refractivity (Wildman–Crippen MR) is 121 cm³/mol. The van der Waals surface area contributed by atoms with Gasteiger partial charge in [0.25, 0.3) is 5.91 Å². The molecule has 0 radical (unpaired) electrons. The summed E-state index contributed by atoms with van der Waals surface area (Å²) in [5.74, 6) is -0.608. The topological polar surface area (TPSA) is 118 Å². The predicted octanol–water partition coefficient (Wildman–Crippen LogP) is 3.97. The van der Waals surface area contributed by atoms with Gasteiger partial charge in [-0.25, -0.2) is 9.59 Å². The van der Waals surface area contributed by atoms with E-state index in [2.05, 4.69) is 5.32 Å². The molecule has 1 aliphatic heterocycles. The van der Waals surface area contributed by atoms with Crippen molar-refractivity contribution < 1.29 is 33.4 Å². The molecule has 174 valence electrons. The van der Waals surface area contributed by atoms with Crippen molar-refractivity contribution in [3.8, 4) is 11.5 Å². The number of nitrogens with one attached hydrogen (secondary N) is 1. The van der Waals surface area contributed by atoms with Gasteiger partial charge in [0, 0.05) is 0 Å². The normalized spacial score (nSPS) is 14.4. The lowest BCUT2D eigenvalue weighted by Crippen LogP contribution is -2.30. The number of rotatable bonds is 8. The van der Waals surface area contributed by atoms with E-state index in [0.29, 0.717) is 22.8 Å². The number of benzene rings is 2. The Morgan fingerprint density at radius 1 is 1.09 bits per heavy atom. The average Bonchev–Trinajstić information content (AvgIpc) is 3.40. The Bertz CT molecular complexity index is 1270. The number of carboxylic acid groups (broad SMARTS) is 1. The molecule has 4 rings (SSSR count). The minimum atomic E-state index is -1.16. The molecule has 9 nitrogen and oxygen atoms in total. The molecule has 0 saturated carbocycles. The van der Waals surface area contributed by atoms with Gasteiger partial charge in [0.2, 0.25) is 5.76 Å². The Balaban J connectivity index is 1.46. The van der Waals surface area contributed by atoms with Crippen LogP contribution in [0.1, 0.15) is 33.0 Å². The lowest BCUT2D eigenvalue weighted by molar-refractivity contribution is -0.123. The van der Waals surface area contributed by atoms with Crippen LogP contribution in [-0.4, -0.2) is 35.0 Å². The highest BCUT2D eigenvalue weighted by molar-refractivity contribution is 6.13. The first-order valence-electron chi connectivity index (χ1n) is 10.4. The maximum absolute atomic E-state index is 12.8. The molecular formula is C25H22N2O7. The molecule has 1 fully saturated rings. The average molecular weight is 462 g/mol. The number of imide groups is 1. The summed E-state index contributed by atoms with van der Waals surface area (Å²) in [6, 6.07) is 15.0. The largest absolute Gasteiger partial charge is 0.493 e. The molecule has 0 bridgehead atoms. The molecule has 2 N–H and O–H groups in total. The molecule has 1 aliphatic rings. The number of hydrogen-bond acceptors (Lipinski definition) is 6. The molecule has 1 saturated heterocycles. The number of aromatic carboxylic acids is 1. The molecule has 0 unspecified atom stereocenters. The van der Waals surface area contributed by atoms with Crippen molar-refractivity contribution in [2.75, 3.05) is 7.11 Å². The van der Waals surface area contributed by atoms with Crippen molar-refractivity contribution >= 4 is 24.0 Å². The third-order valence-corrected chi connectivity index (χ3v) is 5.16. The van der Waals surface area contributed by atoms with E-state index >= 15 is 0 Å². The Labute approximate surface area is 195 Å². The summed E-state index contributed by atoms with van der Waals surface area (Å²) < 4.78 is 16.2. The first-order chi connectivity index (χ1) is 16.3. The van der Waals surface area contributed by atoms with Crippen LogP contribution in [0.4, 0.5) is 4.79 Å². The fourth-order valence-corrected chi connectivity index (χ4v) is 3.37. The van der Waals surface area contributed by atoms with Crippen molar-refractivity contribution in [1.82, 2.24) is 10.2 Å². The van der Waals surface area contributed by atoms with Gasteiger partial charge in [-0.15, -0.1) is 0 Å². The highest BCUT2D eigenvalue weighted by Gasteiger charge is 2.33. The van der Waals surface area contributed by atoms with E-state index < -0.39 is 17.9 Å². The Morgan fingerprint density at radius 2 is 1.85 bits per heavy atom. The number of ether oxygens (including phenoxy) is 2. The summed E-state index contributed by atoms with van der Waals surface area (Å²) in [7, 11) is 1.47. The lowest BCUT2D eigenvalue weighted by atomic mass is 10.1. The van der Waals surface area contributed by atoms with E-state index in [1.54, 1.807) is 24.3 Å². The van der Waals surface area contributed by atoms with Crippen molar-refractivity contribution in [3.63, 3.8) is 0 Å². The molecule has 3 aromatic rings. The second kappa shape index (κ2) is 9.53. The molecule has 0 atom stereocenters. The first-order valence-corrected chi connectivity index (χ1v) is 10.4. The summed E-state index contributed by atoms with van der Waals surface area (Å²) in [5, 5.41) is 11.5. The molecule has 0 spiro atoms. The van der Waals surface area contributed by atoms with Crippen LogP contribution in [0.15, 0.2) is 64.7 Å². The van der Waals surface area contributed by atoms with Gasteiger partial charge in [-0.3, -0.25) is 9.69 Å². The van der Waals surface area contributed by atoms with Crippen molar-refractivity contribution in [3.05, 3.63) is 88.5 Å². The van der Waals surface area contributed by atoms with Crippen LogP contribution in [0.3, 0.4) is 0 Å². The van der Waals surface area contributed by atoms with Crippen molar-refractivity contribution in [2.45, 2.75) is 20.1 Å². The number of carbonyl (C=O) groups excluding carboxylic acids is 2. The second-order valence-electron chi connectivity index (χ2n) is 7.64. The van der Waals surface area contributed by atoms with E-state index in [4.69, 9.17) is 19.0 Å². The highest BCUT2D eigenvalue weighted by atomic mass is 16.5. The smallest absolute Gasteiger partial charge is 0.371 e. The number of methoxy groups -OCH3 is 1. The van der Waals surface area contributed by atoms with Crippen LogP contribution in [0, 0.1) is 6.92 Å². The molecule has 2 aromatic carbocycles. The summed E-state index contributed by atoms with van der Waals surface area (Å²) in [6.07, 6.45) is 1.56. The van der Waals surface area contributed by atoms with Gasteiger partial charge in [0.15, 0.2) is 11.5 Å². The summed E-state index contributed by atoms with van der Waals surface area (Å²) in [6.45, 7) is 2.15. The molecular weight excluding hydrogens is 440 g/mol. The highest BCUT2D eigenvalue weighted by Crippen LogP contribution is 2.30. The number of nitrogens with zero attached hydrogens (tertiary/aromatic N) is 1. The van der Waals surface area contributed by atoms with Gasteiger partial charge < -0.3 is 24.3 Å². The zero-order chi connectivity index (χ0) is 24.2. The number of furan rings is 1. The van der Waals surface area contributed by atoms with Crippen molar-refractivity contribution in [1.29, 1.82) is 0 Å². The van der Waals surface area contributed by atoms with Gasteiger partial charge in [-0.2, -0.15) is 0 Å². The van der Waals surface area contributed by atoms with E-state index in [1.807, 2.05) is 31.2 Å². The second-order valence-corrected chi connectivity index (χ2v) is 7.64. The van der Waals surface area contributed by atoms with E-state index in [0.717, 1.165) is 16.0 Å². The van der Waals surface area contributed by atoms with E-state index in [1.165, 1.54) is 19.2 Å². The number of carbonyl (C=O) groups is 3. The van der Waals surface area contributed by atoms with Crippen LogP contribution in [0.5, 0.6) is 11.5 Å². The molecule has 0 aliphatic carbocycles. The summed E-state index contributed by atoms with van der Waals surface area (Å²) in [4.78, 5) is 37.2. The third-order valence-electron chi connectivity index (χ3n) is 5.16. The molecule has 34 heavy (non-hydrogen) atoms. The lowest BCUT2D eigenvalue weighted by Gasteiger charge is -2.12. The van der Waals surface area contributed by atoms with Crippen LogP contribution >= 0.6 is 0 Å². The maximum Gasteiger partial charge on any atom is 0.371 e.